The zero-order valence-electron chi connectivity index (χ0n) is 9.86. The average molecular weight is 225 g/mol. The summed E-state index contributed by atoms with van der Waals surface area (Å²) in [6.07, 6.45) is 1.32. The maximum atomic E-state index is 11.1. The van der Waals surface area contributed by atoms with E-state index in [1.54, 1.807) is 6.07 Å². The largest absolute Gasteiger partial charge is 0.353 e. The quantitative estimate of drug-likeness (QED) is 0.719. The Hall–Kier alpha value is -1.13. The Labute approximate surface area is 95.6 Å². The van der Waals surface area contributed by atoms with E-state index in [0.29, 0.717) is 13.2 Å². The van der Waals surface area contributed by atoms with Crippen molar-refractivity contribution < 1.29 is 9.47 Å². The molecule has 0 unspecified atom stereocenters. The molecular formula is C12H19NO3. The number of hydrogen-bond donors (Lipinski definition) is 1. The van der Waals surface area contributed by atoms with Crippen LogP contribution < -0.4 is 5.56 Å². The predicted octanol–water partition coefficient (Wildman–Crippen LogP) is 1.71. The first kappa shape index (κ1) is 12.9. The van der Waals surface area contributed by atoms with Crippen LogP contribution in [0.4, 0.5) is 0 Å². The molecule has 1 aromatic rings. The van der Waals surface area contributed by atoms with Crippen molar-refractivity contribution in [1.29, 1.82) is 0 Å². The van der Waals surface area contributed by atoms with Gasteiger partial charge in [-0.05, 0) is 26.3 Å². The SMILES string of the molecule is CCOC(CCc1cccc(=O)[nH]1)OCC. The molecule has 0 atom stereocenters. The number of aryl methyl sites for hydroxylation is 1. The number of aromatic amines is 1. The summed E-state index contributed by atoms with van der Waals surface area (Å²) in [6.45, 7) is 5.15. The first-order valence-corrected chi connectivity index (χ1v) is 5.67. The van der Waals surface area contributed by atoms with Crippen molar-refractivity contribution in [2.24, 2.45) is 0 Å². The molecule has 1 rings (SSSR count). The summed E-state index contributed by atoms with van der Waals surface area (Å²) in [4.78, 5) is 13.8. The van der Waals surface area contributed by atoms with Crippen molar-refractivity contribution in [2.45, 2.75) is 33.0 Å². The molecule has 0 radical (unpaired) electrons. The zero-order chi connectivity index (χ0) is 11.8. The van der Waals surface area contributed by atoms with E-state index in [9.17, 15) is 4.79 Å². The third-order valence-corrected chi connectivity index (χ3v) is 2.18. The molecule has 4 nitrogen and oxygen atoms in total. The van der Waals surface area contributed by atoms with Gasteiger partial charge in [-0.1, -0.05) is 6.07 Å². The number of H-pyrrole nitrogens is 1. The van der Waals surface area contributed by atoms with Crippen molar-refractivity contribution in [1.82, 2.24) is 4.98 Å². The molecule has 0 bridgehead atoms. The van der Waals surface area contributed by atoms with Gasteiger partial charge in [0.25, 0.3) is 0 Å². The summed E-state index contributed by atoms with van der Waals surface area (Å²) < 4.78 is 10.8. The second-order valence-electron chi connectivity index (χ2n) is 3.42. The number of ether oxygens (including phenoxy) is 2. The number of aromatic nitrogens is 1. The lowest BCUT2D eigenvalue weighted by Gasteiger charge is -2.16. The van der Waals surface area contributed by atoms with Crippen LogP contribution in [0.3, 0.4) is 0 Å². The Morgan fingerprint density at radius 3 is 2.50 bits per heavy atom. The topological polar surface area (TPSA) is 51.3 Å². The lowest BCUT2D eigenvalue weighted by Crippen LogP contribution is -2.19. The van der Waals surface area contributed by atoms with Gasteiger partial charge in [-0.15, -0.1) is 0 Å². The normalized spacial score (nSPS) is 10.9. The molecule has 0 amide bonds. The second-order valence-corrected chi connectivity index (χ2v) is 3.42. The average Bonchev–Trinajstić information content (AvgIpc) is 2.27. The van der Waals surface area contributed by atoms with Crippen molar-refractivity contribution in [2.75, 3.05) is 13.2 Å². The van der Waals surface area contributed by atoms with Crippen LogP contribution in [0, 0.1) is 0 Å². The van der Waals surface area contributed by atoms with Gasteiger partial charge in [0, 0.05) is 31.4 Å². The van der Waals surface area contributed by atoms with Gasteiger partial charge in [0.2, 0.25) is 5.56 Å². The maximum Gasteiger partial charge on any atom is 0.248 e. The molecule has 0 aliphatic carbocycles. The molecule has 90 valence electrons. The van der Waals surface area contributed by atoms with E-state index in [1.165, 1.54) is 6.07 Å². The highest BCUT2D eigenvalue weighted by Gasteiger charge is 2.07. The standard InChI is InChI=1S/C12H19NO3/c1-3-15-12(16-4-2)9-8-10-6-5-7-11(14)13-10/h5-7,12H,3-4,8-9H2,1-2H3,(H,13,14). The number of hydrogen-bond acceptors (Lipinski definition) is 3. The summed E-state index contributed by atoms with van der Waals surface area (Å²) in [7, 11) is 0. The Bertz CT molecular complexity index is 342. The molecular weight excluding hydrogens is 206 g/mol. The molecule has 4 heteroatoms. The van der Waals surface area contributed by atoms with Crippen LogP contribution in [0.25, 0.3) is 0 Å². The van der Waals surface area contributed by atoms with Crippen LogP contribution in [0.1, 0.15) is 26.0 Å². The second kappa shape index (κ2) is 7.19. The number of rotatable bonds is 7. The first-order chi connectivity index (χ1) is 7.76. The third-order valence-electron chi connectivity index (χ3n) is 2.18. The summed E-state index contributed by atoms with van der Waals surface area (Å²) in [5.41, 5.74) is 0.846. The molecule has 16 heavy (non-hydrogen) atoms. The minimum Gasteiger partial charge on any atom is -0.353 e. The predicted molar refractivity (Wildman–Crippen MR) is 62.4 cm³/mol. The van der Waals surface area contributed by atoms with E-state index >= 15 is 0 Å². The van der Waals surface area contributed by atoms with Crippen molar-refractivity contribution in [3.63, 3.8) is 0 Å². The summed E-state index contributed by atoms with van der Waals surface area (Å²) in [6, 6.07) is 5.16. The fourth-order valence-corrected chi connectivity index (χ4v) is 1.50. The molecule has 0 spiro atoms. The van der Waals surface area contributed by atoms with Crippen LogP contribution in [-0.2, 0) is 15.9 Å². The van der Waals surface area contributed by atoms with Gasteiger partial charge in [-0.25, -0.2) is 0 Å². The van der Waals surface area contributed by atoms with Crippen LogP contribution in [0.2, 0.25) is 0 Å². The molecule has 1 N–H and O–H groups in total. The zero-order valence-corrected chi connectivity index (χ0v) is 9.86. The van der Waals surface area contributed by atoms with Gasteiger partial charge in [0.05, 0.1) is 0 Å². The van der Waals surface area contributed by atoms with Crippen LogP contribution in [0.5, 0.6) is 0 Å². The molecule has 0 aliphatic rings. The van der Waals surface area contributed by atoms with Gasteiger partial charge < -0.3 is 14.5 Å². The summed E-state index contributed by atoms with van der Waals surface area (Å²) in [5, 5.41) is 0. The summed E-state index contributed by atoms with van der Waals surface area (Å²) in [5.74, 6) is 0. The van der Waals surface area contributed by atoms with E-state index in [-0.39, 0.29) is 11.8 Å². The van der Waals surface area contributed by atoms with Crippen molar-refractivity contribution in [3.8, 4) is 0 Å². The first-order valence-electron chi connectivity index (χ1n) is 5.67. The molecule has 0 saturated heterocycles. The van der Waals surface area contributed by atoms with E-state index in [1.807, 2.05) is 19.9 Å². The third kappa shape index (κ3) is 4.59. The fraction of sp³-hybridized carbons (Fsp3) is 0.583. The van der Waals surface area contributed by atoms with Gasteiger partial charge in [-0.2, -0.15) is 0 Å². The van der Waals surface area contributed by atoms with Gasteiger partial charge in [0.15, 0.2) is 6.29 Å². The van der Waals surface area contributed by atoms with Crippen LogP contribution in [-0.4, -0.2) is 24.5 Å². The Balaban J connectivity index is 2.44. The fourth-order valence-electron chi connectivity index (χ4n) is 1.50. The lowest BCUT2D eigenvalue weighted by atomic mass is 10.2. The van der Waals surface area contributed by atoms with E-state index in [4.69, 9.17) is 9.47 Å². The highest BCUT2D eigenvalue weighted by Crippen LogP contribution is 2.05. The smallest absolute Gasteiger partial charge is 0.248 e. The summed E-state index contributed by atoms with van der Waals surface area (Å²) >= 11 is 0. The molecule has 0 saturated carbocycles. The van der Waals surface area contributed by atoms with Crippen LogP contribution >= 0.6 is 0 Å². The lowest BCUT2D eigenvalue weighted by molar-refractivity contribution is -0.139. The van der Waals surface area contributed by atoms with Gasteiger partial charge in [-0.3, -0.25) is 4.79 Å². The number of pyridine rings is 1. The molecule has 0 aliphatic heterocycles. The van der Waals surface area contributed by atoms with Gasteiger partial charge in [0.1, 0.15) is 0 Å². The Morgan fingerprint density at radius 2 is 1.94 bits per heavy atom. The van der Waals surface area contributed by atoms with Crippen molar-refractivity contribution >= 4 is 0 Å². The van der Waals surface area contributed by atoms with E-state index in [0.717, 1.165) is 18.5 Å². The number of nitrogens with one attached hydrogen (secondary N) is 1. The monoisotopic (exact) mass is 225 g/mol. The Kier molecular flexibility index (Phi) is 5.82. The molecule has 0 aromatic carbocycles. The van der Waals surface area contributed by atoms with E-state index < -0.39 is 0 Å². The minimum atomic E-state index is -0.182. The highest BCUT2D eigenvalue weighted by atomic mass is 16.7. The highest BCUT2D eigenvalue weighted by molar-refractivity contribution is 5.03. The maximum absolute atomic E-state index is 11.1. The van der Waals surface area contributed by atoms with Crippen molar-refractivity contribution in [3.05, 3.63) is 34.2 Å². The van der Waals surface area contributed by atoms with Gasteiger partial charge >= 0.3 is 0 Å². The van der Waals surface area contributed by atoms with Crippen LogP contribution in [0.15, 0.2) is 23.0 Å². The Morgan fingerprint density at radius 1 is 1.25 bits per heavy atom. The molecule has 1 heterocycles. The van der Waals surface area contributed by atoms with E-state index in [2.05, 4.69) is 4.98 Å². The minimum absolute atomic E-state index is 0.0677. The molecule has 0 fully saturated rings. The molecule has 1 aromatic heterocycles.